The van der Waals surface area contributed by atoms with E-state index in [9.17, 15) is 15.2 Å². The molecule has 3 aliphatic carbocycles. The largest absolute Gasteiger partial charge is 0.481 e. The van der Waals surface area contributed by atoms with Crippen LogP contribution in [0, 0.1) is 16.7 Å². The maximum atomic E-state index is 11.6. The number of rotatable bonds is 6. The number of nitrogens with zero attached hydrogens (tertiary/aromatic N) is 2. The number of ether oxygens (including phenoxy) is 1. The zero-order valence-corrected chi connectivity index (χ0v) is 15.1. The lowest BCUT2D eigenvalue weighted by atomic mass is 9.57. The van der Waals surface area contributed by atoms with Gasteiger partial charge in [0.1, 0.15) is 11.6 Å². The second-order valence-corrected chi connectivity index (χ2v) is 7.79. The van der Waals surface area contributed by atoms with Gasteiger partial charge < -0.3 is 15.6 Å². The fourth-order valence-corrected chi connectivity index (χ4v) is 4.11. The van der Waals surface area contributed by atoms with E-state index >= 15 is 0 Å². The highest BCUT2D eigenvalue weighted by atomic mass is 16.5. The molecule has 3 N–H and O–H groups in total. The summed E-state index contributed by atoms with van der Waals surface area (Å²) < 4.78 is 6.03. The van der Waals surface area contributed by atoms with Crippen molar-refractivity contribution in [2.24, 2.45) is 16.1 Å². The van der Waals surface area contributed by atoms with Crippen LogP contribution < -0.4 is 10.5 Å². The van der Waals surface area contributed by atoms with Crippen molar-refractivity contribution in [1.29, 1.82) is 5.26 Å². The number of fused-ring (bicyclic) bond motifs is 3. The number of nitriles is 1. The van der Waals surface area contributed by atoms with Gasteiger partial charge in [0, 0.05) is 0 Å². The molecule has 3 aliphatic rings. The zero-order valence-electron chi connectivity index (χ0n) is 15.1. The van der Waals surface area contributed by atoms with Crippen LogP contribution in [-0.2, 0) is 4.79 Å². The second kappa shape index (κ2) is 6.64. The summed E-state index contributed by atoms with van der Waals surface area (Å²) in [5.74, 6) is 0.259. The molecule has 4 rings (SSSR count). The fraction of sp³-hybridized carbons (Fsp3) is 0.550. The number of carboxylic acids is 1. The van der Waals surface area contributed by atoms with E-state index in [1.54, 1.807) is 6.92 Å². The predicted octanol–water partition coefficient (Wildman–Crippen LogP) is 3.27. The van der Waals surface area contributed by atoms with E-state index in [4.69, 9.17) is 15.5 Å². The van der Waals surface area contributed by atoms with Crippen molar-refractivity contribution in [3.8, 4) is 11.8 Å². The third-order valence-corrected chi connectivity index (χ3v) is 6.06. The molecule has 3 saturated carbocycles. The molecule has 2 bridgehead atoms. The lowest BCUT2D eigenvalue weighted by Gasteiger charge is -2.49. The van der Waals surface area contributed by atoms with Crippen molar-refractivity contribution >= 4 is 11.8 Å². The van der Waals surface area contributed by atoms with E-state index in [1.165, 1.54) is 0 Å². The fourth-order valence-electron chi connectivity index (χ4n) is 4.11. The van der Waals surface area contributed by atoms with Crippen LogP contribution in [0.5, 0.6) is 5.75 Å². The molecule has 6 heteroatoms. The molecular formula is C20H25N3O3. The molecule has 0 heterocycles. The Morgan fingerprint density at radius 1 is 1.27 bits per heavy atom. The van der Waals surface area contributed by atoms with Crippen LogP contribution in [0.4, 0.5) is 0 Å². The molecule has 6 nitrogen and oxygen atoms in total. The van der Waals surface area contributed by atoms with Gasteiger partial charge in [0.05, 0.1) is 23.4 Å². The number of hydrogen-bond acceptors (Lipinski definition) is 4. The number of nitrogens with two attached hydrogens (primary N) is 1. The van der Waals surface area contributed by atoms with E-state index in [0.717, 1.165) is 0 Å². The minimum atomic E-state index is -1.01. The monoisotopic (exact) mass is 355 g/mol. The summed E-state index contributed by atoms with van der Waals surface area (Å²) in [5, 5.41) is 18.8. The highest BCUT2D eigenvalue weighted by Crippen LogP contribution is 2.54. The van der Waals surface area contributed by atoms with Gasteiger partial charge in [-0.05, 0) is 57.6 Å². The Hall–Kier alpha value is -2.55. The molecule has 0 spiro atoms. The number of hydrogen-bond donors (Lipinski definition) is 2. The summed E-state index contributed by atoms with van der Waals surface area (Å²) in [6.07, 6.45) is 4.14. The SMILES string of the molecule is CC(CC#N)(Oc1ccccc1)C(N)=NC12CCC(C(=O)O)(CC1)CC2. The first-order valence-corrected chi connectivity index (χ1v) is 9.03. The summed E-state index contributed by atoms with van der Waals surface area (Å²) in [7, 11) is 0. The zero-order chi connectivity index (χ0) is 18.8. The van der Waals surface area contributed by atoms with E-state index in [1.807, 2.05) is 30.3 Å². The molecule has 26 heavy (non-hydrogen) atoms. The Morgan fingerprint density at radius 3 is 2.35 bits per heavy atom. The van der Waals surface area contributed by atoms with Crippen LogP contribution >= 0.6 is 0 Å². The molecule has 1 aromatic carbocycles. The molecule has 0 aliphatic heterocycles. The van der Waals surface area contributed by atoms with Crippen LogP contribution in [0.3, 0.4) is 0 Å². The summed E-state index contributed by atoms with van der Waals surface area (Å²) >= 11 is 0. The van der Waals surface area contributed by atoms with Gasteiger partial charge in [0.15, 0.2) is 5.60 Å². The van der Waals surface area contributed by atoms with Crippen molar-refractivity contribution in [3.63, 3.8) is 0 Å². The van der Waals surface area contributed by atoms with Gasteiger partial charge in [-0.1, -0.05) is 18.2 Å². The second-order valence-electron chi connectivity index (χ2n) is 7.79. The summed E-state index contributed by atoms with van der Waals surface area (Å²) in [6.45, 7) is 1.78. The normalized spacial score (nSPS) is 30.2. The van der Waals surface area contributed by atoms with Crippen LogP contribution in [-0.4, -0.2) is 28.1 Å². The summed E-state index contributed by atoms with van der Waals surface area (Å²) in [6, 6.07) is 11.4. The maximum Gasteiger partial charge on any atom is 0.309 e. The van der Waals surface area contributed by atoms with Crippen LogP contribution in [0.2, 0.25) is 0 Å². The van der Waals surface area contributed by atoms with Gasteiger partial charge in [-0.3, -0.25) is 9.79 Å². The first kappa shape index (κ1) is 18.2. The third kappa shape index (κ3) is 3.26. The molecular weight excluding hydrogens is 330 g/mol. The number of carboxylic acid groups (broad SMARTS) is 1. The first-order valence-electron chi connectivity index (χ1n) is 9.03. The smallest absolute Gasteiger partial charge is 0.309 e. The molecule has 0 amide bonds. The number of para-hydroxylation sites is 1. The number of benzene rings is 1. The van der Waals surface area contributed by atoms with Crippen molar-refractivity contribution in [1.82, 2.24) is 0 Å². The van der Waals surface area contributed by atoms with Gasteiger partial charge in [-0.15, -0.1) is 0 Å². The average Bonchev–Trinajstić information content (AvgIpc) is 2.64. The van der Waals surface area contributed by atoms with E-state index in [2.05, 4.69) is 6.07 Å². The number of aliphatic imine (C=N–C) groups is 1. The first-order chi connectivity index (χ1) is 12.3. The van der Waals surface area contributed by atoms with Crippen molar-refractivity contribution in [2.75, 3.05) is 0 Å². The molecule has 0 saturated heterocycles. The third-order valence-electron chi connectivity index (χ3n) is 6.06. The lowest BCUT2D eigenvalue weighted by molar-refractivity contribution is -0.155. The predicted molar refractivity (Wildman–Crippen MR) is 97.8 cm³/mol. The standard InChI is InChI=1S/C20H25N3O3/c1-18(13-14-21,26-15-5-3-2-4-6-15)16(22)23-20-10-7-19(8-11-20,9-12-20)17(24)25/h2-6H,7-13H2,1H3,(H2,22,23)(H,24,25). The van der Waals surface area contributed by atoms with E-state index < -0.39 is 17.0 Å². The molecule has 0 aromatic heterocycles. The van der Waals surface area contributed by atoms with E-state index in [0.29, 0.717) is 50.1 Å². The van der Waals surface area contributed by atoms with Crippen LogP contribution in [0.15, 0.2) is 35.3 Å². The Balaban J connectivity index is 1.83. The highest BCUT2D eigenvalue weighted by molar-refractivity contribution is 5.90. The van der Waals surface area contributed by atoms with Crippen molar-refractivity contribution < 1.29 is 14.6 Å². The summed E-state index contributed by atoms with van der Waals surface area (Å²) in [5.41, 5.74) is 4.43. The molecule has 1 aromatic rings. The Bertz CT molecular complexity index is 729. The van der Waals surface area contributed by atoms with Crippen molar-refractivity contribution in [3.05, 3.63) is 30.3 Å². The maximum absolute atomic E-state index is 11.6. The number of aliphatic carboxylic acids is 1. The summed E-state index contributed by atoms with van der Waals surface area (Å²) in [4.78, 5) is 16.4. The van der Waals surface area contributed by atoms with Crippen LogP contribution in [0.25, 0.3) is 0 Å². The lowest BCUT2D eigenvalue weighted by Crippen LogP contribution is -2.52. The average molecular weight is 355 g/mol. The number of carbonyl (C=O) groups is 1. The molecule has 1 unspecified atom stereocenters. The van der Waals surface area contributed by atoms with Gasteiger partial charge in [0.2, 0.25) is 0 Å². The van der Waals surface area contributed by atoms with E-state index in [-0.39, 0.29) is 12.0 Å². The van der Waals surface area contributed by atoms with Crippen LogP contribution in [0.1, 0.15) is 51.9 Å². The number of amidine groups is 1. The Kier molecular flexibility index (Phi) is 4.66. The molecule has 0 radical (unpaired) electrons. The topological polar surface area (TPSA) is 109 Å². The quantitative estimate of drug-likeness (QED) is 0.601. The molecule has 1 atom stereocenters. The highest BCUT2D eigenvalue weighted by Gasteiger charge is 2.53. The molecule has 3 fully saturated rings. The minimum Gasteiger partial charge on any atom is -0.481 e. The van der Waals surface area contributed by atoms with Crippen molar-refractivity contribution in [2.45, 2.75) is 63.0 Å². The molecule has 138 valence electrons. The Morgan fingerprint density at radius 2 is 1.85 bits per heavy atom. The minimum absolute atomic E-state index is 0.0897. The van der Waals surface area contributed by atoms with Gasteiger partial charge in [-0.2, -0.15) is 5.26 Å². The Labute approximate surface area is 153 Å². The van der Waals surface area contributed by atoms with Gasteiger partial charge in [-0.25, -0.2) is 0 Å². The van der Waals surface area contributed by atoms with Gasteiger partial charge >= 0.3 is 5.97 Å². The van der Waals surface area contributed by atoms with Gasteiger partial charge in [0.25, 0.3) is 0 Å².